The summed E-state index contributed by atoms with van der Waals surface area (Å²) in [6.07, 6.45) is 17.4. The largest absolute Gasteiger partial charge is 0.392 e. The molecule has 0 saturated carbocycles. The molecule has 1 nitrogen and oxygen atoms in total. The van der Waals surface area contributed by atoms with Crippen LogP contribution in [0.25, 0.3) is 0 Å². The second-order valence-electron chi connectivity index (χ2n) is 5.49. The Morgan fingerprint density at radius 3 is 1.50 bits per heavy atom. The minimum atomic E-state index is -0.131. The number of halogens is 1. The molecule has 0 aromatic rings. The molecule has 18 heavy (non-hydrogen) atoms. The van der Waals surface area contributed by atoms with Gasteiger partial charge in [0.2, 0.25) is 0 Å². The Morgan fingerprint density at radius 1 is 0.722 bits per heavy atom. The summed E-state index contributed by atoms with van der Waals surface area (Å²) in [5.41, 5.74) is 0. The van der Waals surface area contributed by atoms with Gasteiger partial charge in [-0.2, -0.15) is 0 Å². The van der Waals surface area contributed by atoms with E-state index in [0.29, 0.717) is 0 Å². The third-order valence-corrected chi connectivity index (χ3v) is 4.32. The van der Waals surface area contributed by atoms with Crippen molar-refractivity contribution in [2.24, 2.45) is 0 Å². The van der Waals surface area contributed by atoms with Crippen molar-refractivity contribution in [1.29, 1.82) is 0 Å². The van der Waals surface area contributed by atoms with Crippen molar-refractivity contribution in [1.82, 2.24) is 0 Å². The molecular weight excluding hydrogens is 288 g/mol. The lowest BCUT2D eigenvalue weighted by Crippen LogP contribution is -2.06. The summed E-state index contributed by atoms with van der Waals surface area (Å²) in [6.45, 7) is 2.27. The highest BCUT2D eigenvalue weighted by Crippen LogP contribution is 2.13. The Bertz CT molecular complexity index is 150. The first kappa shape index (κ1) is 18.4. The standard InChI is InChI=1S/C16H33BrO/c1-2-3-4-5-6-7-8-9-10-11-12-13-14-16(18)15-17/h16,18H,2-15H2,1H3/t16-/m1/s1. The molecule has 0 rings (SSSR count). The maximum Gasteiger partial charge on any atom is 0.0637 e. The summed E-state index contributed by atoms with van der Waals surface area (Å²) in [7, 11) is 0. The average molecular weight is 321 g/mol. The van der Waals surface area contributed by atoms with Gasteiger partial charge in [-0.3, -0.25) is 0 Å². The zero-order valence-corrected chi connectivity index (χ0v) is 13.9. The number of rotatable bonds is 14. The van der Waals surface area contributed by atoms with Crippen LogP contribution in [0.2, 0.25) is 0 Å². The summed E-state index contributed by atoms with van der Waals surface area (Å²) < 4.78 is 0. The van der Waals surface area contributed by atoms with Crippen molar-refractivity contribution in [2.75, 3.05) is 5.33 Å². The molecule has 0 aliphatic rings. The molecule has 0 aromatic heterocycles. The maximum absolute atomic E-state index is 9.37. The maximum atomic E-state index is 9.37. The molecule has 0 aliphatic carbocycles. The Morgan fingerprint density at radius 2 is 1.11 bits per heavy atom. The highest BCUT2D eigenvalue weighted by molar-refractivity contribution is 9.09. The van der Waals surface area contributed by atoms with Crippen LogP contribution < -0.4 is 0 Å². The van der Waals surface area contributed by atoms with E-state index in [9.17, 15) is 5.11 Å². The fourth-order valence-electron chi connectivity index (χ4n) is 2.30. The van der Waals surface area contributed by atoms with Gasteiger partial charge < -0.3 is 5.11 Å². The molecule has 0 amide bonds. The van der Waals surface area contributed by atoms with E-state index in [2.05, 4.69) is 22.9 Å². The highest BCUT2D eigenvalue weighted by Gasteiger charge is 2.00. The van der Waals surface area contributed by atoms with Crippen LogP contribution in [-0.4, -0.2) is 16.5 Å². The predicted molar refractivity (Wildman–Crippen MR) is 85.5 cm³/mol. The zero-order chi connectivity index (χ0) is 13.5. The Balaban J connectivity index is 2.94. The molecular formula is C16H33BrO. The van der Waals surface area contributed by atoms with E-state index < -0.39 is 0 Å². The molecule has 0 unspecified atom stereocenters. The average Bonchev–Trinajstić information content (AvgIpc) is 2.39. The first-order chi connectivity index (χ1) is 8.81. The Labute approximate surface area is 123 Å². The van der Waals surface area contributed by atoms with Gasteiger partial charge in [0.1, 0.15) is 0 Å². The number of alkyl halides is 1. The van der Waals surface area contributed by atoms with Gasteiger partial charge >= 0.3 is 0 Å². The van der Waals surface area contributed by atoms with Gasteiger partial charge in [-0.15, -0.1) is 0 Å². The number of hydrogen-bond donors (Lipinski definition) is 1. The third-order valence-electron chi connectivity index (χ3n) is 3.57. The first-order valence-corrected chi connectivity index (χ1v) is 9.17. The van der Waals surface area contributed by atoms with E-state index in [-0.39, 0.29) is 6.10 Å². The van der Waals surface area contributed by atoms with E-state index in [0.717, 1.165) is 11.8 Å². The second kappa shape index (κ2) is 15.5. The molecule has 1 N–H and O–H groups in total. The van der Waals surface area contributed by atoms with Crippen LogP contribution in [-0.2, 0) is 0 Å². The summed E-state index contributed by atoms with van der Waals surface area (Å²) >= 11 is 3.30. The smallest absolute Gasteiger partial charge is 0.0637 e. The lowest BCUT2D eigenvalue weighted by Gasteiger charge is -2.06. The molecule has 0 bridgehead atoms. The lowest BCUT2D eigenvalue weighted by molar-refractivity contribution is 0.186. The van der Waals surface area contributed by atoms with Gasteiger partial charge in [0.05, 0.1) is 6.10 Å². The summed E-state index contributed by atoms with van der Waals surface area (Å²) in [6, 6.07) is 0. The minimum Gasteiger partial charge on any atom is -0.392 e. The second-order valence-corrected chi connectivity index (χ2v) is 6.13. The van der Waals surface area contributed by atoms with E-state index >= 15 is 0 Å². The van der Waals surface area contributed by atoms with Crippen molar-refractivity contribution in [3.05, 3.63) is 0 Å². The van der Waals surface area contributed by atoms with Crippen LogP contribution in [0.3, 0.4) is 0 Å². The quantitative estimate of drug-likeness (QED) is 0.315. The van der Waals surface area contributed by atoms with Crippen LogP contribution in [0.4, 0.5) is 0 Å². The van der Waals surface area contributed by atoms with E-state index in [1.807, 2.05) is 0 Å². The molecule has 1 atom stereocenters. The van der Waals surface area contributed by atoms with Gasteiger partial charge in [0, 0.05) is 5.33 Å². The zero-order valence-electron chi connectivity index (χ0n) is 12.3. The van der Waals surface area contributed by atoms with Crippen LogP contribution in [0, 0.1) is 0 Å². The number of unbranched alkanes of at least 4 members (excludes halogenated alkanes) is 11. The molecule has 0 saturated heterocycles. The topological polar surface area (TPSA) is 20.2 Å². The minimum absolute atomic E-state index is 0.131. The van der Waals surface area contributed by atoms with Crippen molar-refractivity contribution >= 4 is 15.9 Å². The van der Waals surface area contributed by atoms with Gasteiger partial charge in [-0.05, 0) is 6.42 Å². The van der Waals surface area contributed by atoms with Gasteiger partial charge in [-0.1, -0.05) is 99.9 Å². The molecule has 0 aliphatic heterocycles. The van der Waals surface area contributed by atoms with Gasteiger partial charge in [0.25, 0.3) is 0 Å². The molecule has 0 spiro atoms. The van der Waals surface area contributed by atoms with E-state index in [1.54, 1.807) is 0 Å². The molecule has 0 radical (unpaired) electrons. The third kappa shape index (κ3) is 14.5. The van der Waals surface area contributed by atoms with Gasteiger partial charge in [0.15, 0.2) is 0 Å². The van der Waals surface area contributed by atoms with Crippen molar-refractivity contribution in [2.45, 2.75) is 96.5 Å². The first-order valence-electron chi connectivity index (χ1n) is 8.05. The lowest BCUT2D eigenvalue weighted by atomic mass is 10.0. The molecule has 0 heterocycles. The number of hydrogen-bond acceptors (Lipinski definition) is 1. The molecule has 2 heteroatoms. The van der Waals surface area contributed by atoms with Crippen molar-refractivity contribution in [3.63, 3.8) is 0 Å². The van der Waals surface area contributed by atoms with Crippen LogP contribution >= 0.6 is 15.9 Å². The van der Waals surface area contributed by atoms with Crippen LogP contribution in [0.1, 0.15) is 90.4 Å². The van der Waals surface area contributed by atoms with Crippen molar-refractivity contribution in [3.8, 4) is 0 Å². The van der Waals surface area contributed by atoms with Crippen LogP contribution in [0.15, 0.2) is 0 Å². The van der Waals surface area contributed by atoms with E-state index in [4.69, 9.17) is 0 Å². The van der Waals surface area contributed by atoms with Crippen molar-refractivity contribution < 1.29 is 5.11 Å². The molecule has 0 aromatic carbocycles. The summed E-state index contributed by atoms with van der Waals surface area (Å²) in [5.74, 6) is 0. The van der Waals surface area contributed by atoms with E-state index in [1.165, 1.54) is 77.0 Å². The monoisotopic (exact) mass is 320 g/mol. The molecule has 110 valence electrons. The summed E-state index contributed by atoms with van der Waals surface area (Å²) in [4.78, 5) is 0. The number of aliphatic hydroxyl groups is 1. The Kier molecular flexibility index (Phi) is 15.9. The van der Waals surface area contributed by atoms with Gasteiger partial charge in [-0.25, -0.2) is 0 Å². The summed E-state index contributed by atoms with van der Waals surface area (Å²) in [5, 5.41) is 10.1. The Hall–Kier alpha value is 0.440. The SMILES string of the molecule is CCCCCCCCCCCCCC[C@@H](O)CBr. The molecule has 0 fully saturated rings. The number of aliphatic hydroxyl groups excluding tert-OH is 1. The van der Waals surface area contributed by atoms with Crippen LogP contribution in [0.5, 0.6) is 0 Å². The predicted octanol–water partition coefficient (Wildman–Crippen LogP) is 5.83. The highest BCUT2D eigenvalue weighted by atomic mass is 79.9. The fraction of sp³-hybridized carbons (Fsp3) is 1.00. The normalized spacial score (nSPS) is 12.8. The fourth-order valence-corrected chi connectivity index (χ4v) is 2.62.